The van der Waals surface area contributed by atoms with Crippen molar-refractivity contribution in [2.45, 2.75) is 25.9 Å². The summed E-state index contributed by atoms with van der Waals surface area (Å²) in [5.41, 5.74) is 12.8. The molecule has 0 aliphatic carbocycles. The molecule has 3 heteroatoms. The molecule has 0 fully saturated rings. The average Bonchev–Trinajstić information content (AvgIpc) is 3.39. The number of amidine groups is 1. The maximum absolute atomic E-state index is 5.45. The first-order valence-electron chi connectivity index (χ1n) is 19.3. The van der Waals surface area contributed by atoms with Crippen molar-refractivity contribution >= 4 is 33.6 Å². The lowest BCUT2D eigenvalue weighted by atomic mass is 9.80. The molecule has 0 aromatic heterocycles. The molecule has 9 rings (SSSR count). The van der Waals surface area contributed by atoms with Gasteiger partial charge in [0.2, 0.25) is 0 Å². The van der Waals surface area contributed by atoms with Gasteiger partial charge in [-0.3, -0.25) is 4.99 Å². The molecule has 4 atom stereocenters. The fourth-order valence-corrected chi connectivity index (χ4v) is 8.17. The van der Waals surface area contributed by atoms with E-state index in [0.717, 1.165) is 28.4 Å². The van der Waals surface area contributed by atoms with Crippen LogP contribution in [0.25, 0.3) is 33.2 Å². The fraction of sp³-hybridized carbons (Fsp3) is 0.115. The molecule has 3 nitrogen and oxygen atoms in total. The van der Waals surface area contributed by atoms with Gasteiger partial charge >= 0.3 is 0 Å². The number of benzene rings is 7. The molecule has 2 aliphatic rings. The van der Waals surface area contributed by atoms with Crippen LogP contribution >= 0.6 is 0 Å². The predicted octanol–water partition coefficient (Wildman–Crippen LogP) is 12.5. The SMILES string of the molecule is CC1C(c2ccccc2)=NC(c2ccccc2)=NC(c2ccc(-c3c(C4C=C(c5ccccc5)C=C(c5ccccc5)N4)ccc4ccccc34)cc2)C1C. The van der Waals surface area contributed by atoms with E-state index in [1.54, 1.807) is 0 Å². The quantitative estimate of drug-likeness (QED) is 0.176. The van der Waals surface area contributed by atoms with Crippen LogP contribution in [0.5, 0.6) is 0 Å². The minimum absolute atomic E-state index is 0.0518. The molecule has 2 aliphatic heterocycles. The van der Waals surface area contributed by atoms with Crippen LogP contribution in [0.4, 0.5) is 0 Å². The van der Waals surface area contributed by atoms with Crippen molar-refractivity contribution in [1.82, 2.24) is 5.32 Å². The minimum Gasteiger partial charge on any atom is -0.374 e. The normalized spacial score (nSPS) is 19.7. The summed E-state index contributed by atoms with van der Waals surface area (Å²) < 4.78 is 0. The summed E-state index contributed by atoms with van der Waals surface area (Å²) in [6.07, 6.45) is 4.66. The van der Waals surface area contributed by atoms with E-state index in [1.165, 1.54) is 49.7 Å². The van der Waals surface area contributed by atoms with Crippen LogP contribution in [0, 0.1) is 11.8 Å². The van der Waals surface area contributed by atoms with Crippen molar-refractivity contribution in [2.75, 3.05) is 0 Å². The molecule has 0 bridgehead atoms. The summed E-state index contributed by atoms with van der Waals surface area (Å²) in [7, 11) is 0. The second-order valence-corrected chi connectivity index (χ2v) is 14.7. The summed E-state index contributed by atoms with van der Waals surface area (Å²) in [6, 6.07) is 64.7. The molecule has 2 heterocycles. The Morgan fingerprint density at radius 2 is 1.09 bits per heavy atom. The van der Waals surface area contributed by atoms with Gasteiger partial charge in [-0.1, -0.05) is 196 Å². The maximum Gasteiger partial charge on any atom is 0.155 e. The minimum atomic E-state index is -0.0638. The molecule has 0 saturated heterocycles. The third-order valence-electron chi connectivity index (χ3n) is 11.3. The molecule has 0 radical (unpaired) electrons. The topological polar surface area (TPSA) is 36.8 Å². The molecule has 1 N–H and O–H groups in total. The highest BCUT2D eigenvalue weighted by molar-refractivity contribution is 6.13. The van der Waals surface area contributed by atoms with Gasteiger partial charge in [-0.25, -0.2) is 4.99 Å². The van der Waals surface area contributed by atoms with Gasteiger partial charge in [0, 0.05) is 17.2 Å². The third-order valence-corrected chi connectivity index (χ3v) is 11.3. The van der Waals surface area contributed by atoms with Crippen molar-refractivity contribution in [3.63, 3.8) is 0 Å². The van der Waals surface area contributed by atoms with E-state index in [-0.39, 0.29) is 23.9 Å². The number of fused-ring (bicyclic) bond motifs is 1. The Morgan fingerprint density at radius 1 is 0.509 bits per heavy atom. The second-order valence-electron chi connectivity index (χ2n) is 14.7. The molecule has 0 saturated carbocycles. The lowest BCUT2D eigenvalue weighted by molar-refractivity contribution is 0.406. The van der Waals surface area contributed by atoms with Crippen LogP contribution in [0.2, 0.25) is 0 Å². The Hall–Kier alpha value is -6.58. The van der Waals surface area contributed by atoms with E-state index >= 15 is 0 Å². The number of allylic oxidation sites excluding steroid dienone is 2. The van der Waals surface area contributed by atoms with E-state index in [4.69, 9.17) is 9.98 Å². The molecule has 7 aromatic rings. The number of hydrogen-bond acceptors (Lipinski definition) is 3. The average molecular weight is 710 g/mol. The van der Waals surface area contributed by atoms with Gasteiger partial charge in [0.25, 0.3) is 0 Å². The summed E-state index contributed by atoms with van der Waals surface area (Å²) >= 11 is 0. The smallest absolute Gasteiger partial charge is 0.155 e. The van der Waals surface area contributed by atoms with Crippen molar-refractivity contribution in [2.24, 2.45) is 21.8 Å². The number of rotatable bonds is 7. The lowest BCUT2D eigenvalue weighted by Crippen LogP contribution is -2.23. The van der Waals surface area contributed by atoms with E-state index in [2.05, 4.69) is 207 Å². The van der Waals surface area contributed by atoms with E-state index in [9.17, 15) is 0 Å². The van der Waals surface area contributed by atoms with Gasteiger partial charge in [-0.05, 0) is 73.4 Å². The Labute approximate surface area is 324 Å². The standard InChI is InChI=1S/C52H43N3/c1-35-36(2)51(55-52(43-24-13-6-14-25-43)54-50(35)41-22-11-5-12-23-41)42-29-27-40(28-30-42)49-45-26-16-15-19-38(45)31-32-46(49)48-34-44(37-17-7-3-8-18-37)33-47(53-48)39-20-9-4-10-21-39/h3-36,48,51,53H,1-2H3. The Bertz CT molecular complexity index is 2570. The first-order valence-corrected chi connectivity index (χ1v) is 19.3. The number of hydrogen-bond donors (Lipinski definition) is 1. The molecule has 55 heavy (non-hydrogen) atoms. The number of aliphatic imine (C=N–C) groups is 2. The highest BCUT2D eigenvalue weighted by Crippen LogP contribution is 2.42. The van der Waals surface area contributed by atoms with Gasteiger partial charge < -0.3 is 5.32 Å². The molecule has 7 aromatic carbocycles. The van der Waals surface area contributed by atoms with Crippen LogP contribution in [-0.4, -0.2) is 11.5 Å². The van der Waals surface area contributed by atoms with E-state index in [1.807, 2.05) is 6.07 Å². The molecule has 266 valence electrons. The zero-order valence-corrected chi connectivity index (χ0v) is 31.2. The number of dihydropyridines is 1. The van der Waals surface area contributed by atoms with Crippen LogP contribution in [0.1, 0.15) is 59.3 Å². The van der Waals surface area contributed by atoms with Crippen LogP contribution in [0.15, 0.2) is 204 Å². The van der Waals surface area contributed by atoms with Gasteiger partial charge in [-0.15, -0.1) is 0 Å². The van der Waals surface area contributed by atoms with Gasteiger partial charge in [0.05, 0.1) is 17.8 Å². The summed E-state index contributed by atoms with van der Waals surface area (Å²) in [5.74, 6) is 1.19. The van der Waals surface area contributed by atoms with Crippen molar-refractivity contribution < 1.29 is 0 Å². The van der Waals surface area contributed by atoms with Crippen molar-refractivity contribution in [1.29, 1.82) is 0 Å². The van der Waals surface area contributed by atoms with Crippen molar-refractivity contribution in [3.8, 4) is 11.1 Å². The number of nitrogens with zero attached hydrogens (tertiary/aromatic N) is 2. The van der Waals surface area contributed by atoms with Gasteiger partial charge in [0.1, 0.15) is 0 Å². The largest absolute Gasteiger partial charge is 0.374 e. The Morgan fingerprint density at radius 3 is 1.76 bits per heavy atom. The first kappa shape index (κ1) is 34.2. The first-order chi connectivity index (χ1) is 27.1. The third kappa shape index (κ3) is 6.86. The molecule has 0 spiro atoms. The Kier molecular flexibility index (Phi) is 9.35. The molecular weight excluding hydrogens is 667 g/mol. The van der Waals surface area contributed by atoms with Crippen LogP contribution in [0.3, 0.4) is 0 Å². The highest BCUT2D eigenvalue weighted by atomic mass is 15.0. The monoisotopic (exact) mass is 709 g/mol. The fourth-order valence-electron chi connectivity index (χ4n) is 8.17. The second kappa shape index (κ2) is 15.0. The van der Waals surface area contributed by atoms with Crippen molar-refractivity contribution in [3.05, 3.63) is 228 Å². The summed E-state index contributed by atoms with van der Waals surface area (Å²) in [5, 5.41) is 6.39. The van der Waals surface area contributed by atoms with Crippen LogP contribution < -0.4 is 5.32 Å². The zero-order valence-electron chi connectivity index (χ0n) is 31.2. The van der Waals surface area contributed by atoms with E-state index < -0.39 is 0 Å². The highest BCUT2D eigenvalue weighted by Gasteiger charge is 2.32. The van der Waals surface area contributed by atoms with Gasteiger partial charge in [0.15, 0.2) is 5.84 Å². The molecular formula is C52H43N3. The summed E-state index contributed by atoms with van der Waals surface area (Å²) in [6.45, 7) is 4.63. The van der Waals surface area contributed by atoms with Gasteiger partial charge in [-0.2, -0.15) is 0 Å². The van der Waals surface area contributed by atoms with Crippen LogP contribution in [-0.2, 0) is 0 Å². The molecule has 4 unspecified atom stereocenters. The predicted molar refractivity (Wildman–Crippen MR) is 231 cm³/mol. The number of nitrogens with one attached hydrogen (secondary N) is 1. The Balaban J connectivity index is 1.14. The summed E-state index contributed by atoms with van der Waals surface area (Å²) in [4.78, 5) is 10.7. The molecule has 0 amide bonds. The zero-order chi connectivity index (χ0) is 37.1. The lowest BCUT2D eigenvalue weighted by Gasteiger charge is -2.28. The maximum atomic E-state index is 5.45. The van der Waals surface area contributed by atoms with E-state index in [0.29, 0.717) is 0 Å².